The lowest BCUT2D eigenvalue weighted by atomic mass is 9.77. The van der Waals surface area contributed by atoms with Gasteiger partial charge in [-0.2, -0.15) is 0 Å². The minimum absolute atomic E-state index is 0.169. The second kappa shape index (κ2) is 6.25. The molecule has 1 aromatic carbocycles. The third-order valence-electron chi connectivity index (χ3n) is 3.93. The molecule has 1 saturated carbocycles. The lowest BCUT2D eigenvalue weighted by Crippen LogP contribution is -2.35. The molecule has 0 aromatic heterocycles. The SMILES string of the molecule is CC1CCCC(C(NN)c2ccc(Cl)c(Cl)c2)C1. The van der Waals surface area contributed by atoms with Crippen molar-refractivity contribution in [1.29, 1.82) is 0 Å². The van der Waals surface area contributed by atoms with Gasteiger partial charge in [0, 0.05) is 6.04 Å². The van der Waals surface area contributed by atoms with E-state index >= 15 is 0 Å². The van der Waals surface area contributed by atoms with Gasteiger partial charge in [0.05, 0.1) is 10.0 Å². The topological polar surface area (TPSA) is 38.0 Å². The summed E-state index contributed by atoms with van der Waals surface area (Å²) in [6, 6.07) is 5.95. The van der Waals surface area contributed by atoms with Gasteiger partial charge >= 0.3 is 0 Å². The first kappa shape index (κ1) is 14.1. The second-order valence-corrected chi connectivity index (χ2v) is 6.16. The molecule has 0 spiro atoms. The van der Waals surface area contributed by atoms with E-state index in [0.29, 0.717) is 16.0 Å². The Bertz CT molecular complexity index is 409. The highest BCUT2D eigenvalue weighted by Crippen LogP contribution is 2.38. The Hall–Kier alpha value is -0.280. The van der Waals surface area contributed by atoms with Crippen molar-refractivity contribution in [3.05, 3.63) is 33.8 Å². The fourth-order valence-electron chi connectivity index (χ4n) is 2.99. The lowest BCUT2D eigenvalue weighted by molar-refractivity contribution is 0.224. The Morgan fingerprint density at radius 2 is 2.06 bits per heavy atom. The molecule has 0 radical (unpaired) electrons. The van der Waals surface area contributed by atoms with Crippen LogP contribution in [0.5, 0.6) is 0 Å². The Balaban J connectivity index is 2.18. The number of benzene rings is 1. The van der Waals surface area contributed by atoms with E-state index in [1.54, 1.807) is 0 Å². The lowest BCUT2D eigenvalue weighted by Gasteiger charge is -2.33. The zero-order valence-corrected chi connectivity index (χ0v) is 12.1. The zero-order chi connectivity index (χ0) is 13.1. The molecule has 4 heteroatoms. The normalized spacial score (nSPS) is 26.0. The van der Waals surface area contributed by atoms with Crippen LogP contribution in [-0.4, -0.2) is 0 Å². The molecule has 100 valence electrons. The molecule has 2 nitrogen and oxygen atoms in total. The maximum absolute atomic E-state index is 6.08. The molecular weight excluding hydrogens is 267 g/mol. The molecule has 1 aliphatic carbocycles. The highest BCUT2D eigenvalue weighted by Gasteiger charge is 2.27. The van der Waals surface area contributed by atoms with Crippen molar-refractivity contribution in [3.63, 3.8) is 0 Å². The standard InChI is InChI=1S/C14H20Cl2N2/c1-9-3-2-4-10(7-9)14(18-17)11-5-6-12(15)13(16)8-11/h5-6,8-10,14,18H,2-4,7,17H2,1H3. The van der Waals surface area contributed by atoms with E-state index in [1.807, 2.05) is 18.2 Å². The van der Waals surface area contributed by atoms with Crippen molar-refractivity contribution in [1.82, 2.24) is 5.43 Å². The highest BCUT2D eigenvalue weighted by molar-refractivity contribution is 6.42. The van der Waals surface area contributed by atoms with Gasteiger partial charge in [-0.05, 0) is 42.4 Å². The number of hydrogen-bond donors (Lipinski definition) is 2. The van der Waals surface area contributed by atoms with Crippen molar-refractivity contribution in [2.45, 2.75) is 38.6 Å². The molecule has 0 saturated heterocycles. The summed E-state index contributed by atoms with van der Waals surface area (Å²) in [5.74, 6) is 7.10. The molecule has 18 heavy (non-hydrogen) atoms. The van der Waals surface area contributed by atoms with Crippen LogP contribution in [-0.2, 0) is 0 Å². The summed E-state index contributed by atoms with van der Waals surface area (Å²) in [4.78, 5) is 0. The van der Waals surface area contributed by atoms with Gasteiger partial charge in [0.25, 0.3) is 0 Å². The molecule has 1 aromatic rings. The molecule has 0 heterocycles. The maximum Gasteiger partial charge on any atom is 0.0595 e. The van der Waals surface area contributed by atoms with Gasteiger partial charge in [0.15, 0.2) is 0 Å². The van der Waals surface area contributed by atoms with Crippen LogP contribution in [0.15, 0.2) is 18.2 Å². The van der Waals surface area contributed by atoms with E-state index in [2.05, 4.69) is 12.3 Å². The van der Waals surface area contributed by atoms with Crippen LogP contribution in [0.1, 0.15) is 44.2 Å². The number of halogens is 2. The fraction of sp³-hybridized carbons (Fsp3) is 0.571. The van der Waals surface area contributed by atoms with Gasteiger partial charge in [0.1, 0.15) is 0 Å². The maximum atomic E-state index is 6.08. The van der Waals surface area contributed by atoms with E-state index in [1.165, 1.54) is 25.7 Å². The van der Waals surface area contributed by atoms with Crippen LogP contribution in [0, 0.1) is 11.8 Å². The number of hydrazine groups is 1. The summed E-state index contributed by atoms with van der Waals surface area (Å²) in [5, 5.41) is 1.19. The summed E-state index contributed by atoms with van der Waals surface area (Å²) in [6.07, 6.45) is 5.05. The molecule has 3 unspecified atom stereocenters. The van der Waals surface area contributed by atoms with Gasteiger partial charge in [-0.15, -0.1) is 0 Å². The zero-order valence-electron chi connectivity index (χ0n) is 10.6. The Morgan fingerprint density at radius 3 is 2.67 bits per heavy atom. The molecule has 0 aliphatic heterocycles. The molecule has 1 fully saturated rings. The van der Waals surface area contributed by atoms with E-state index in [-0.39, 0.29) is 6.04 Å². The molecule has 1 aliphatic rings. The average molecular weight is 287 g/mol. The largest absolute Gasteiger partial charge is 0.271 e. The quantitative estimate of drug-likeness (QED) is 0.641. The van der Waals surface area contributed by atoms with E-state index < -0.39 is 0 Å². The number of hydrogen-bond acceptors (Lipinski definition) is 2. The van der Waals surface area contributed by atoms with Crippen LogP contribution in [0.25, 0.3) is 0 Å². The summed E-state index contributed by atoms with van der Waals surface area (Å²) >= 11 is 12.0. The van der Waals surface area contributed by atoms with Crippen molar-refractivity contribution in [2.24, 2.45) is 17.7 Å². The molecule has 3 atom stereocenters. The van der Waals surface area contributed by atoms with Crippen molar-refractivity contribution in [2.75, 3.05) is 0 Å². The van der Waals surface area contributed by atoms with Crippen molar-refractivity contribution in [3.8, 4) is 0 Å². The summed E-state index contributed by atoms with van der Waals surface area (Å²) in [7, 11) is 0. The monoisotopic (exact) mass is 286 g/mol. The summed E-state index contributed by atoms with van der Waals surface area (Å²) in [5.41, 5.74) is 4.08. The molecule has 0 amide bonds. The van der Waals surface area contributed by atoms with Gasteiger partial charge < -0.3 is 0 Å². The predicted octanol–water partition coefficient (Wildman–Crippen LogP) is 4.32. The molecule has 0 bridgehead atoms. The van der Waals surface area contributed by atoms with Gasteiger partial charge in [0.2, 0.25) is 0 Å². The first-order valence-electron chi connectivity index (χ1n) is 6.53. The van der Waals surface area contributed by atoms with Crippen LogP contribution in [0.4, 0.5) is 0 Å². The van der Waals surface area contributed by atoms with Crippen LogP contribution in [0.3, 0.4) is 0 Å². The predicted molar refractivity (Wildman–Crippen MR) is 77.6 cm³/mol. The minimum atomic E-state index is 0.169. The summed E-state index contributed by atoms with van der Waals surface area (Å²) in [6.45, 7) is 2.31. The summed E-state index contributed by atoms with van der Waals surface area (Å²) < 4.78 is 0. The second-order valence-electron chi connectivity index (χ2n) is 5.35. The Kier molecular flexibility index (Phi) is 4.91. The van der Waals surface area contributed by atoms with Gasteiger partial charge in [-0.3, -0.25) is 11.3 Å². The Morgan fingerprint density at radius 1 is 1.28 bits per heavy atom. The molecule has 3 N–H and O–H groups in total. The fourth-order valence-corrected chi connectivity index (χ4v) is 3.30. The van der Waals surface area contributed by atoms with Crippen LogP contribution < -0.4 is 11.3 Å². The number of nitrogens with one attached hydrogen (secondary N) is 1. The molecular formula is C14H20Cl2N2. The van der Waals surface area contributed by atoms with E-state index in [0.717, 1.165) is 11.5 Å². The third-order valence-corrected chi connectivity index (χ3v) is 4.67. The van der Waals surface area contributed by atoms with E-state index in [9.17, 15) is 0 Å². The molecule has 2 rings (SSSR count). The highest BCUT2D eigenvalue weighted by atomic mass is 35.5. The van der Waals surface area contributed by atoms with Crippen LogP contribution >= 0.6 is 23.2 Å². The smallest absolute Gasteiger partial charge is 0.0595 e. The minimum Gasteiger partial charge on any atom is -0.271 e. The van der Waals surface area contributed by atoms with Crippen molar-refractivity contribution < 1.29 is 0 Å². The van der Waals surface area contributed by atoms with E-state index in [4.69, 9.17) is 29.0 Å². The third kappa shape index (κ3) is 3.18. The average Bonchev–Trinajstić information content (AvgIpc) is 2.35. The number of nitrogens with two attached hydrogens (primary N) is 1. The van der Waals surface area contributed by atoms with Gasteiger partial charge in [-0.25, -0.2) is 0 Å². The first-order valence-corrected chi connectivity index (χ1v) is 7.28. The number of rotatable bonds is 3. The van der Waals surface area contributed by atoms with Gasteiger partial charge in [-0.1, -0.05) is 49.0 Å². The Labute approximate surface area is 119 Å². The van der Waals surface area contributed by atoms with Crippen molar-refractivity contribution >= 4 is 23.2 Å². The van der Waals surface area contributed by atoms with Crippen LogP contribution in [0.2, 0.25) is 10.0 Å². The first-order chi connectivity index (χ1) is 8.61.